The maximum absolute atomic E-state index is 13.4. The quantitative estimate of drug-likeness (QED) is 0.876. The van der Waals surface area contributed by atoms with Gasteiger partial charge in [0.2, 0.25) is 0 Å². The molecular weight excluding hydrogens is 315 g/mol. The topological polar surface area (TPSA) is 20.2 Å². The van der Waals surface area contributed by atoms with Crippen LogP contribution in [0.3, 0.4) is 0 Å². The molecule has 18 heavy (non-hydrogen) atoms. The first-order valence-electron chi connectivity index (χ1n) is 5.80. The number of thiophene rings is 1. The lowest BCUT2D eigenvalue weighted by molar-refractivity contribution is 0.181. The third-order valence-electron chi connectivity index (χ3n) is 2.91. The number of benzene rings is 1. The molecule has 1 N–H and O–H groups in total. The molecule has 1 aromatic carbocycles. The van der Waals surface area contributed by atoms with E-state index in [9.17, 15) is 9.50 Å². The number of halogens is 2. The van der Waals surface area contributed by atoms with Gasteiger partial charge in [0.15, 0.2) is 0 Å². The van der Waals surface area contributed by atoms with Gasteiger partial charge in [-0.3, -0.25) is 0 Å². The second-order valence-corrected chi connectivity index (χ2v) is 5.84. The number of aliphatic hydroxyl groups excluding tert-OH is 1. The second-order valence-electron chi connectivity index (χ2n) is 4.10. The summed E-state index contributed by atoms with van der Waals surface area (Å²) in [7, 11) is 0. The van der Waals surface area contributed by atoms with E-state index in [4.69, 9.17) is 0 Å². The highest BCUT2D eigenvalue weighted by Crippen LogP contribution is 2.30. The highest BCUT2D eigenvalue weighted by Gasteiger charge is 2.16. The van der Waals surface area contributed by atoms with Crippen LogP contribution >= 0.6 is 27.3 Å². The summed E-state index contributed by atoms with van der Waals surface area (Å²) in [6, 6.07) is 6.93. The molecular formula is C14H14BrFOS. The van der Waals surface area contributed by atoms with Crippen molar-refractivity contribution in [3.8, 4) is 0 Å². The van der Waals surface area contributed by atoms with Crippen LogP contribution in [0.15, 0.2) is 34.1 Å². The predicted octanol–water partition coefficient (Wildman–Crippen LogP) is 4.49. The minimum absolute atomic E-state index is 0.290. The van der Waals surface area contributed by atoms with E-state index < -0.39 is 6.10 Å². The Kier molecular flexibility index (Phi) is 4.54. The summed E-state index contributed by atoms with van der Waals surface area (Å²) >= 11 is 4.78. The first kappa shape index (κ1) is 13.7. The summed E-state index contributed by atoms with van der Waals surface area (Å²) in [4.78, 5) is 0.980. The minimum atomic E-state index is -0.571. The van der Waals surface area contributed by atoms with Crippen LogP contribution < -0.4 is 0 Å². The summed E-state index contributed by atoms with van der Waals surface area (Å²) in [5, 5.41) is 12.2. The molecule has 0 radical (unpaired) electrons. The predicted molar refractivity (Wildman–Crippen MR) is 76.5 cm³/mol. The first-order valence-corrected chi connectivity index (χ1v) is 7.48. The Morgan fingerprint density at radius 1 is 1.33 bits per heavy atom. The summed E-state index contributed by atoms with van der Waals surface area (Å²) < 4.78 is 13.8. The van der Waals surface area contributed by atoms with Crippen LogP contribution in [0, 0.1) is 5.82 Å². The number of hydrogen-bond acceptors (Lipinski definition) is 2. The van der Waals surface area contributed by atoms with Gasteiger partial charge in [0.1, 0.15) is 5.82 Å². The van der Waals surface area contributed by atoms with Crippen molar-refractivity contribution in [3.63, 3.8) is 0 Å². The SMILES string of the molecule is CCc1ccsc1C(O)Cc1cccc(F)c1Br. The van der Waals surface area contributed by atoms with Crippen LogP contribution in [0.2, 0.25) is 0 Å². The third kappa shape index (κ3) is 2.82. The van der Waals surface area contributed by atoms with Crippen molar-refractivity contribution in [2.45, 2.75) is 25.9 Å². The van der Waals surface area contributed by atoms with E-state index in [0.717, 1.165) is 16.9 Å². The van der Waals surface area contributed by atoms with Crippen molar-refractivity contribution in [3.05, 3.63) is 55.9 Å². The summed E-state index contributed by atoms with van der Waals surface area (Å²) in [5.41, 5.74) is 1.96. The van der Waals surface area contributed by atoms with E-state index in [1.807, 2.05) is 17.5 Å². The lowest BCUT2D eigenvalue weighted by atomic mass is 10.0. The Morgan fingerprint density at radius 2 is 2.11 bits per heavy atom. The molecule has 0 aliphatic carbocycles. The molecule has 1 unspecified atom stereocenters. The van der Waals surface area contributed by atoms with Crippen molar-refractivity contribution in [1.82, 2.24) is 0 Å². The fourth-order valence-electron chi connectivity index (χ4n) is 1.94. The largest absolute Gasteiger partial charge is 0.387 e. The van der Waals surface area contributed by atoms with Crippen molar-refractivity contribution >= 4 is 27.3 Å². The molecule has 1 aromatic heterocycles. The lowest BCUT2D eigenvalue weighted by Gasteiger charge is -2.12. The molecule has 0 bridgehead atoms. The lowest BCUT2D eigenvalue weighted by Crippen LogP contribution is -2.03. The Labute approximate surface area is 118 Å². The molecule has 0 aliphatic rings. The fourth-order valence-corrected chi connectivity index (χ4v) is 3.35. The van der Waals surface area contributed by atoms with Crippen molar-refractivity contribution < 1.29 is 9.50 Å². The van der Waals surface area contributed by atoms with Gasteiger partial charge in [0, 0.05) is 11.3 Å². The average Bonchev–Trinajstić information content (AvgIpc) is 2.83. The maximum atomic E-state index is 13.4. The molecule has 0 aliphatic heterocycles. The van der Waals surface area contributed by atoms with Crippen LogP contribution in [-0.2, 0) is 12.8 Å². The molecule has 0 spiro atoms. The van der Waals surface area contributed by atoms with Gasteiger partial charge in [-0.1, -0.05) is 19.1 Å². The highest BCUT2D eigenvalue weighted by atomic mass is 79.9. The molecule has 4 heteroatoms. The Balaban J connectivity index is 2.21. The van der Waals surface area contributed by atoms with E-state index in [1.54, 1.807) is 17.4 Å². The molecule has 1 heterocycles. The van der Waals surface area contributed by atoms with Gasteiger partial charge >= 0.3 is 0 Å². The number of aryl methyl sites for hydroxylation is 1. The van der Waals surface area contributed by atoms with Crippen LogP contribution in [0.4, 0.5) is 4.39 Å². The molecule has 1 atom stereocenters. The van der Waals surface area contributed by atoms with E-state index >= 15 is 0 Å². The van der Waals surface area contributed by atoms with Crippen molar-refractivity contribution in [2.75, 3.05) is 0 Å². The van der Waals surface area contributed by atoms with Crippen LogP contribution in [0.25, 0.3) is 0 Å². The van der Waals surface area contributed by atoms with Gasteiger partial charge < -0.3 is 5.11 Å². The van der Waals surface area contributed by atoms with Gasteiger partial charge in [-0.15, -0.1) is 11.3 Å². The summed E-state index contributed by atoms with van der Waals surface area (Å²) in [6.07, 6.45) is 0.754. The highest BCUT2D eigenvalue weighted by molar-refractivity contribution is 9.10. The molecule has 0 saturated heterocycles. The van der Waals surface area contributed by atoms with Crippen LogP contribution in [-0.4, -0.2) is 5.11 Å². The normalized spacial score (nSPS) is 12.7. The molecule has 2 aromatic rings. The van der Waals surface area contributed by atoms with Crippen molar-refractivity contribution in [1.29, 1.82) is 0 Å². The molecule has 0 saturated carbocycles. The number of aliphatic hydroxyl groups is 1. The minimum Gasteiger partial charge on any atom is -0.387 e. The van der Waals surface area contributed by atoms with Crippen LogP contribution in [0.5, 0.6) is 0 Å². The standard InChI is InChI=1S/C14H14BrFOS/c1-2-9-6-7-18-14(9)12(17)8-10-4-3-5-11(16)13(10)15/h3-7,12,17H,2,8H2,1H3. The first-order chi connectivity index (χ1) is 8.63. The Morgan fingerprint density at radius 3 is 2.83 bits per heavy atom. The van der Waals surface area contributed by atoms with E-state index in [1.165, 1.54) is 11.6 Å². The zero-order valence-corrected chi connectivity index (χ0v) is 12.4. The second kappa shape index (κ2) is 5.95. The van der Waals surface area contributed by atoms with Crippen LogP contribution in [0.1, 0.15) is 29.0 Å². The third-order valence-corrected chi connectivity index (χ3v) is 4.86. The van der Waals surface area contributed by atoms with Gasteiger partial charge in [0.25, 0.3) is 0 Å². The fraction of sp³-hybridized carbons (Fsp3) is 0.286. The molecule has 0 fully saturated rings. The summed E-state index contributed by atoms with van der Waals surface area (Å²) in [6.45, 7) is 2.07. The molecule has 2 rings (SSSR count). The Hall–Kier alpha value is -0.710. The molecule has 96 valence electrons. The smallest absolute Gasteiger partial charge is 0.137 e. The maximum Gasteiger partial charge on any atom is 0.137 e. The van der Waals surface area contributed by atoms with E-state index in [2.05, 4.69) is 22.9 Å². The zero-order chi connectivity index (χ0) is 13.1. The van der Waals surface area contributed by atoms with Gasteiger partial charge in [-0.05, 0) is 51.0 Å². The monoisotopic (exact) mass is 328 g/mol. The van der Waals surface area contributed by atoms with Gasteiger partial charge in [-0.25, -0.2) is 4.39 Å². The van der Waals surface area contributed by atoms with Crippen molar-refractivity contribution in [2.24, 2.45) is 0 Å². The Bertz CT molecular complexity index is 538. The molecule has 1 nitrogen and oxygen atoms in total. The molecule has 0 amide bonds. The number of rotatable bonds is 4. The van der Waals surface area contributed by atoms with E-state index in [0.29, 0.717) is 10.9 Å². The van der Waals surface area contributed by atoms with Gasteiger partial charge in [-0.2, -0.15) is 0 Å². The zero-order valence-electron chi connectivity index (χ0n) is 9.99. The summed E-state index contributed by atoms with van der Waals surface area (Å²) in [5.74, 6) is -0.290. The van der Waals surface area contributed by atoms with Gasteiger partial charge in [0.05, 0.1) is 10.6 Å². The average molecular weight is 329 g/mol. The number of hydrogen-bond donors (Lipinski definition) is 1. The van der Waals surface area contributed by atoms with E-state index in [-0.39, 0.29) is 5.82 Å².